The molecule has 0 aliphatic carbocycles. The number of carbonyl (C=O) groups excluding carboxylic acids is 2. The van der Waals surface area contributed by atoms with Gasteiger partial charge in [0, 0.05) is 13.1 Å². The van der Waals surface area contributed by atoms with Crippen LogP contribution in [0.3, 0.4) is 0 Å². The lowest BCUT2D eigenvalue weighted by Gasteiger charge is -2.32. The number of benzene rings is 3. The molecule has 42 heavy (non-hydrogen) atoms. The van der Waals surface area contributed by atoms with Crippen molar-refractivity contribution in [1.82, 2.24) is 10.2 Å². The monoisotopic (exact) mass is 633 g/mol. The van der Waals surface area contributed by atoms with Crippen LogP contribution in [0.1, 0.15) is 37.5 Å². The first-order valence-corrected chi connectivity index (χ1v) is 15.7. The molecule has 1 unspecified atom stereocenters. The summed E-state index contributed by atoms with van der Waals surface area (Å²) in [6.07, 6.45) is 0. The van der Waals surface area contributed by atoms with E-state index in [9.17, 15) is 18.0 Å². The van der Waals surface area contributed by atoms with E-state index in [0.29, 0.717) is 22.2 Å². The highest BCUT2D eigenvalue weighted by Gasteiger charge is 2.34. The van der Waals surface area contributed by atoms with Gasteiger partial charge in [-0.25, -0.2) is 8.42 Å². The largest absolute Gasteiger partial charge is 0.495 e. The van der Waals surface area contributed by atoms with Crippen molar-refractivity contribution < 1.29 is 22.7 Å². The van der Waals surface area contributed by atoms with Gasteiger partial charge in [-0.1, -0.05) is 66.9 Å². The number of hydrogen-bond acceptors (Lipinski definition) is 5. The van der Waals surface area contributed by atoms with E-state index in [4.69, 9.17) is 27.9 Å². The van der Waals surface area contributed by atoms with Crippen molar-refractivity contribution in [2.45, 2.75) is 52.1 Å². The summed E-state index contributed by atoms with van der Waals surface area (Å²) in [5, 5.41) is 3.51. The van der Waals surface area contributed by atoms with Gasteiger partial charge < -0.3 is 15.0 Å². The summed E-state index contributed by atoms with van der Waals surface area (Å²) in [4.78, 5) is 28.6. The Morgan fingerprint density at radius 3 is 2.14 bits per heavy atom. The SMILES string of the molecule is COc1ccc(C)cc1N(CC(=O)N(Cc1ccc(Cl)c(Cl)c1)C(C)C(=O)NCC(C)C)S(=O)(=O)c1ccc(C)cc1. The van der Waals surface area contributed by atoms with Crippen LogP contribution >= 0.6 is 23.2 Å². The van der Waals surface area contributed by atoms with Gasteiger partial charge in [0.05, 0.1) is 27.7 Å². The summed E-state index contributed by atoms with van der Waals surface area (Å²) in [7, 11) is -2.80. The molecule has 0 aromatic heterocycles. The predicted molar refractivity (Wildman–Crippen MR) is 168 cm³/mol. The standard InChI is InChI=1S/C31H37Cl2N3O5S/c1-20(2)17-34-31(38)23(5)35(18-24-10-13-26(32)27(33)16-24)30(37)19-36(28-15-22(4)9-14-29(28)41-6)42(39,40)25-11-7-21(3)8-12-25/h7-16,20,23H,17-19H2,1-6H3,(H,34,38). The Labute approximate surface area is 258 Å². The Hall–Kier alpha value is -3.27. The molecular formula is C31H37Cl2N3O5S. The first-order valence-electron chi connectivity index (χ1n) is 13.5. The highest BCUT2D eigenvalue weighted by atomic mass is 35.5. The maximum Gasteiger partial charge on any atom is 0.264 e. The lowest BCUT2D eigenvalue weighted by Crippen LogP contribution is -2.51. The molecule has 0 radical (unpaired) electrons. The van der Waals surface area contributed by atoms with Gasteiger partial charge in [-0.15, -0.1) is 0 Å². The normalized spacial score (nSPS) is 12.1. The van der Waals surface area contributed by atoms with E-state index in [1.165, 1.54) is 24.1 Å². The molecule has 0 fully saturated rings. The highest BCUT2D eigenvalue weighted by molar-refractivity contribution is 7.92. The van der Waals surface area contributed by atoms with Crippen LogP contribution in [0.25, 0.3) is 0 Å². The van der Waals surface area contributed by atoms with Gasteiger partial charge in [-0.05, 0) is 74.2 Å². The number of rotatable bonds is 12. The van der Waals surface area contributed by atoms with Gasteiger partial charge >= 0.3 is 0 Å². The number of carbonyl (C=O) groups is 2. The topological polar surface area (TPSA) is 96.0 Å². The number of nitrogens with zero attached hydrogens (tertiary/aromatic N) is 2. The molecule has 0 aliphatic heterocycles. The number of nitrogens with one attached hydrogen (secondary N) is 1. The summed E-state index contributed by atoms with van der Waals surface area (Å²) < 4.78 is 34.7. The number of halogens is 2. The molecule has 0 bridgehead atoms. The summed E-state index contributed by atoms with van der Waals surface area (Å²) in [6.45, 7) is 9.05. The fourth-order valence-electron chi connectivity index (χ4n) is 4.22. The molecular weight excluding hydrogens is 597 g/mol. The van der Waals surface area contributed by atoms with Crippen LogP contribution in [-0.4, -0.2) is 51.4 Å². The zero-order valence-corrected chi connectivity index (χ0v) is 27.0. The van der Waals surface area contributed by atoms with Crippen molar-refractivity contribution >= 4 is 50.7 Å². The van der Waals surface area contributed by atoms with Crippen molar-refractivity contribution in [3.63, 3.8) is 0 Å². The fraction of sp³-hybridized carbons (Fsp3) is 0.355. The Morgan fingerprint density at radius 2 is 1.55 bits per heavy atom. The molecule has 0 heterocycles. The molecule has 2 amide bonds. The minimum absolute atomic E-state index is 0.00460. The second kappa shape index (κ2) is 14.3. The minimum atomic E-state index is -4.23. The number of anilines is 1. The van der Waals surface area contributed by atoms with E-state index >= 15 is 0 Å². The molecule has 0 saturated carbocycles. The number of aryl methyl sites for hydroxylation is 2. The molecule has 0 aliphatic rings. The lowest BCUT2D eigenvalue weighted by atomic mass is 10.1. The number of methoxy groups -OCH3 is 1. The van der Waals surface area contributed by atoms with Crippen molar-refractivity contribution in [1.29, 1.82) is 0 Å². The molecule has 3 aromatic rings. The zero-order valence-electron chi connectivity index (χ0n) is 24.6. The van der Waals surface area contributed by atoms with Crippen LogP contribution in [0.5, 0.6) is 5.75 Å². The van der Waals surface area contributed by atoms with Crippen LogP contribution in [0, 0.1) is 19.8 Å². The van der Waals surface area contributed by atoms with E-state index in [0.717, 1.165) is 15.4 Å². The quantitative estimate of drug-likeness (QED) is 0.264. The van der Waals surface area contributed by atoms with Crippen LogP contribution < -0.4 is 14.4 Å². The number of sulfonamides is 1. The number of hydrogen-bond donors (Lipinski definition) is 1. The van der Waals surface area contributed by atoms with Crippen LogP contribution in [0.2, 0.25) is 10.0 Å². The van der Waals surface area contributed by atoms with Gasteiger partial charge in [0.1, 0.15) is 18.3 Å². The molecule has 3 rings (SSSR count). The average molecular weight is 635 g/mol. The Morgan fingerprint density at radius 1 is 0.905 bits per heavy atom. The predicted octanol–water partition coefficient (Wildman–Crippen LogP) is 6.00. The number of ether oxygens (including phenoxy) is 1. The zero-order chi connectivity index (χ0) is 31.2. The fourth-order valence-corrected chi connectivity index (χ4v) is 5.95. The van der Waals surface area contributed by atoms with Crippen molar-refractivity contribution in [2.75, 3.05) is 24.5 Å². The summed E-state index contributed by atoms with van der Waals surface area (Å²) >= 11 is 12.3. The maximum atomic E-state index is 14.1. The third kappa shape index (κ3) is 8.18. The van der Waals surface area contributed by atoms with Crippen LogP contribution in [0.4, 0.5) is 5.69 Å². The lowest BCUT2D eigenvalue weighted by molar-refractivity contribution is -0.139. The molecule has 0 saturated heterocycles. The van der Waals surface area contributed by atoms with E-state index < -0.39 is 28.5 Å². The van der Waals surface area contributed by atoms with Gasteiger partial charge in [0.25, 0.3) is 10.0 Å². The molecule has 8 nitrogen and oxygen atoms in total. The summed E-state index contributed by atoms with van der Waals surface area (Å²) in [6, 6.07) is 15.5. The van der Waals surface area contributed by atoms with Crippen molar-refractivity contribution in [2.24, 2.45) is 5.92 Å². The summed E-state index contributed by atoms with van der Waals surface area (Å²) in [5.41, 5.74) is 2.50. The van der Waals surface area contributed by atoms with Gasteiger partial charge in [0.2, 0.25) is 11.8 Å². The molecule has 11 heteroatoms. The van der Waals surface area contributed by atoms with Crippen molar-refractivity contribution in [3.05, 3.63) is 87.4 Å². The first kappa shape index (κ1) is 33.2. The van der Waals surface area contributed by atoms with E-state index in [1.807, 2.05) is 27.7 Å². The van der Waals surface area contributed by atoms with Gasteiger partial charge in [-0.3, -0.25) is 13.9 Å². The third-order valence-corrected chi connectivity index (χ3v) is 9.19. The van der Waals surface area contributed by atoms with Crippen LogP contribution in [0.15, 0.2) is 65.6 Å². The number of amides is 2. The maximum absolute atomic E-state index is 14.1. The van der Waals surface area contributed by atoms with Gasteiger partial charge in [-0.2, -0.15) is 0 Å². The molecule has 1 atom stereocenters. The average Bonchev–Trinajstić information content (AvgIpc) is 2.94. The van der Waals surface area contributed by atoms with Crippen molar-refractivity contribution in [3.8, 4) is 5.75 Å². The molecule has 3 aromatic carbocycles. The minimum Gasteiger partial charge on any atom is -0.495 e. The van der Waals surface area contributed by atoms with Crippen LogP contribution in [-0.2, 0) is 26.2 Å². The second-order valence-electron chi connectivity index (χ2n) is 10.6. The third-order valence-electron chi connectivity index (χ3n) is 6.68. The van der Waals surface area contributed by atoms with Gasteiger partial charge in [0.15, 0.2) is 0 Å². The Kier molecular flexibility index (Phi) is 11.3. The molecule has 1 N–H and O–H groups in total. The summed E-state index contributed by atoms with van der Waals surface area (Å²) in [5.74, 6) is -0.474. The first-order chi connectivity index (χ1) is 19.7. The van der Waals surface area contributed by atoms with E-state index in [-0.39, 0.29) is 34.7 Å². The van der Waals surface area contributed by atoms with E-state index in [1.54, 1.807) is 55.5 Å². The smallest absolute Gasteiger partial charge is 0.264 e. The van der Waals surface area contributed by atoms with E-state index in [2.05, 4.69) is 5.32 Å². The molecule has 0 spiro atoms. The highest BCUT2D eigenvalue weighted by Crippen LogP contribution is 2.34. The second-order valence-corrected chi connectivity index (χ2v) is 13.3. The molecule has 226 valence electrons. The Balaban J connectivity index is 2.10. The Bertz CT molecular complexity index is 1530.